The van der Waals surface area contributed by atoms with E-state index >= 15 is 0 Å². The van der Waals surface area contributed by atoms with Crippen molar-refractivity contribution in [1.29, 1.82) is 0 Å². The average molecular weight is 255 g/mol. The molecule has 0 bridgehead atoms. The Kier molecular flexibility index (Phi) is 6.67. The Morgan fingerprint density at radius 1 is 1.44 bits per heavy atom. The third-order valence-corrected chi connectivity index (χ3v) is 2.06. The normalized spacial score (nSPS) is 10.3. The van der Waals surface area contributed by atoms with Crippen molar-refractivity contribution in [2.45, 2.75) is 6.42 Å². The van der Waals surface area contributed by atoms with Crippen LogP contribution in [-0.4, -0.2) is 54.5 Å². The first-order chi connectivity index (χ1) is 8.74. The molecule has 7 nitrogen and oxygen atoms in total. The van der Waals surface area contributed by atoms with Crippen molar-refractivity contribution in [3.05, 3.63) is 18.0 Å². The van der Waals surface area contributed by atoms with Gasteiger partial charge < -0.3 is 19.9 Å². The first-order valence-electron chi connectivity index (χ1n) is 5.61. The van der Waals surface area contributed by atoms with Crippen LogP contribution in [0.5, 0.6) is 0 Å². The molecule has 0 aliphatic carbocycles. The lowest BCUT2D eigenvalue weighted by atomic mass is 10.4. The number of carboxylic acid groups (broad SMARTS) is 1. The molecule has 1 aromatic rings. The number of aromatic carboxylic acids is 1. The standard InChI is InChI=1S/C11H17N3O4/c1-17-7-8-18-6-2-4-12-11-13-5-3-9(14-11)10(15)16/h3,5H,2,4,6-8H2,1H3,(H,15,16)(H,12,13,14). The zero-order valence-corrected chi connectivity index (χ0v) is 10.3. The molecule has 0 atom stereocenters. The number of hydrogen-bond acceptors (Lipinski definition) is 6. The zero-order chi connectivity index (χ0) is 13.2. The van der Waals surface area contributed by atoms with Crippen molar-refractivity contribution in [3.63, 3.8) is 0 Å². The summed E-state index contributed by atoms with van der Waals surface area (Å²) in [6, 6.07) is 1.35. The van der Waals surface area contributed by atoms with Crippen LogP contribution in [0, 0.1) is 0 Å². The Bertz CT molecular complexity index is 373. The fourth-order valence-corrected chi connectivity index (χ4v) is 1.18. The Morgan fingerprint density at radius 3 is 3.00 bits per heavy atom. The number of hydrogen-bond donors (Lipinski definition) is 2. The van der Waals surface area contributed by atoms with Crippen molar-refractivity contribution >= 4 is 11.9 Å². The summed E-state index contributed by atoms with van der Waals surface area (Å²) in [4.78, 5) is 18.4. The van der Waals surface area contributed by atoms with Crippen molar-refractivity contribution < 1.29 is 19.4 Å². The van der Waals surface area contributed by atoms with E-state index in [2.05, 4.69) is 15.3 Å². The molecular formula is C11H17N3O4. The van der Waals surface area contributed by atoms with Crippen LogP contribution in [0.2, 0.25) is 0 Å². The molecule has 0 aliphatic rings. The summed E-state index contributed by atoms with van der Waals surface area (Å²) in [6.45, 7) is 2.38. The summed E-state index contributed by atoms with van der Waals surface area (Å²) in [5.74, 6) is -0.754. The number of aromatic nitrogens is 2. The largest absolute Gasteiger partial charge is 0.477 e. The van der Waals surface area contributed by atoms with Gasteiger partial charge in [-0.25, -0.2) is 14.8 Å². The molecule has 0 aliphatic heterocycles. The number of anilines is 1. The van der Waals surface area contributed by atoms with Gasteiger partial charge in [0.2, 0.25) is 5.95 Å². The summed E-state index contributed by atoms with van der Waals surface area (Å²) in [5.41, 5.74) is -0.0242. The van der Waals surface area contributed by atoms with E-state index in [0.717, 1.165) is 6.42 Å². The number of ether oxygens (including phenoxy) is 2. The molecule has 7 heteroatoms. The van der Waals surface area contributed by atoms with Gasteiger partial charge in [0.1, 0.15) is 0 Å². The number of nitrogens with one attached hydrogen (secondary N) is 1. The van der Waals surface area contributed by atoms with Crippen molar-refractivity contribution in [3.8, 4) is 0 Å². The van der Waals surface area contributed by atoms with E-state index in [9.17, 15) is 4.79 Å². The molecule has 2 N–H and O–H groups in total. The van der Waals surface area contributed by atoms with Gasteiger partial charge in [0, 0.05) is 26.5 Å². The Labute approximate surface area is 105 Å². The van der Waals surface area contributed by atoms with Crippen molar-refractivity contribution in [1.82, 2.24) is 9.97 Å². The van der Waals surface area contributed by atoms with E-state index in [0.29, 0.717) is 32.3 Å². The van der Waals surface area contributed by atoms with Gasteiger partial charge >= 0.3 is 5.97 Å². The average Bonchev–Trinajstić information content (AvgIpc) is 2.38. The lowest BCUT2D eigenvalue weighted by Gasteiger charge is -2.05. The number of carboxylic acids is 1. The summed E-state index contributed by atoms with van der Waals surface area (Å²) >= 11 is 0. The van der Waals surface area contributed by atoms with E-state index in [1.807, 2.05) is 0 Å². The molecular weight excluding hydrogens is 238 g/mol. The molecule has 0 aromatic carbocycles. The number of rotatable bonds is 9. The topological polar surface area (TPSA) is 93.6 Å². The van der Waals surface area contributed by atoms with Gasteiger partial charge in [0.05, 0.1) is 13.2 Å². The number of nitrogens with zero attached hydrogens (tertiary/aromatic N) is 2. The monoisotopic (exact) mass is 255 g/mol. The summed E-state index contributed by atoms with van der Waals surface area (Å²) in [7, 11) is 1.62. The van der Waals surface area contributed by atoms with Crippen LogP contribution in [0.3, 0.4) is 0 Å². The van der Waals surface area contributed by atoms with E-state index in [-0.39, 0.29) is 5.69 Å². The summed E-state index contributed by atoms with van der Waals surface area (Å²) in [5, 5.41) is 11.7. The van der Waals surface area contributed by atoms with E-state index in [1.54, 1.807) is 7.11 Å². The quantitative estimate of drug-likeness (QED) is 0.625. The SMILES string of the molecule is COCCOCCCNc1nccc(C(=O)O)n1. The molecule has 1 rings (SSSR count). The van der Waals surface area contributed by atoms with Gasteiger partial charge in [0.15, 0.2) is 5.69 Å². The van der Waals surface area contributed by atoms with Gasteiger partial charge in [-0.1, -0.05) is 0 Å². The highest BCUT2D eigenvalue weighted by Crippen LogP contribution is 2.00. The van der Waals surface area contributed by atoms with Gasteiger partial charge in [-0.3, -0.25) is 0 Å². The molecule has 18 heavy (non-hydrogen) atoms. The van der Waals surface area contributed by atoms with Crippen LogP contribution in [0.4, 0.5) is 5.95 Å². The highest BCUT2D eigenvalue weighted by atomic mass is 16.5. The number of carbonyl (C=O) groups is 1. The van der Waals surface area contributed by atoms with Crippen LogP contribution in [0.1, 0.15) is 16.9 Å². The molecule has 100 valence electrons. The van der Waals surface area contributed by atoms with Crippen LogP contribution in [0.15, 0.2) is 12.3 Å². The minimum Gasteiger partial charge on any atom is -0.477 e. The van der Waals surface area contributed by atoms with E-state index < -0.39 is 5.97 Å². The fourth-order valence-electron chi connectivity index (χ4n) is 1.18. The first-order valence-corrected chi connectivity index (χ1v) is 5.61. The maximum Gasteiger partial charge on any atom is 0.354 e. The lowest BCUT2D eigenvalue weighted by molar-refractivity contribution is 0.0690. The highest BCUT2D eigenvalue weighted by Gasteiger charge is 2.05. The Hall–Kier alpha value is -1.73. The third-order valence-electron chi connectivity index (χ3n) is 2.06. The fraction of sp³-hybridized carbons (Fsp3) is 0.545. The number of methoxy groups -OCH3 is 1. The Balaban J connectivity index is 2.19. The maximum atomic E-state index is 10.7. The maximum absolute atomic E-state index is 10.7. The van der Waals surface area contributed by atoms with Crippen molar-refractivity contribution in [2.24, 2.45) is 0 Å². The molecule has 0 saturated carbocycles. The molecule has 0 radical (unpaired) electrons. The third kappa shape index (κ3) is 5.55. The van der Waals surface area contributed by atoms with Crippen LogP contribution < -0.4 is 5.32 Å². The smallest absolute Gasteiger partial charge is 0.354 e. The molecule has 0 unspecified atom stereocenters. The molecule has 0 spiro atoms. The highest BCUT2D eigenvalue weighted by molar-refractivity contribution is 5.85. The minimum absolute atomic E-state index is 0.0242. The second kappa shape index (κ2) is 8.37. The lowest BCUT2D eigenvalue weighted by Crippen LogP contribution is -2.11. The molecule has 0 amide bonds. The Morgan fingerprint density at radius 2 is 2.28 bits per heavy atom. The molecule has 1 aromatic heterocycles. The molecule has 0 saturated heterocycles. The van der Waals surface area contributed by atoms with Crippen LogP contribution in [-0.2, 0) is 9.47 Å². The zero-order valence-electron chi connectivity index (χ0n) is 10.3. The van der Waals surface area contributed by atoms with Gasteiger partial charge in [-0.15, -0.1) is 0 Å². The second-order valence-electron chi connectivity index (χ2n) is 3.46. The molecule has 1 heterocycles. The van der Waals surface area contributed by atoms with Gasteiger partial charge in [-0.05, 0) is 12.5 Å². The van der Waals surface area contributed by atoms with Gasteiger partial charge in [0.25, 0.3) is 0 Å². The minimum atomic E-state index is -1.07. The first kappa shape index (κ1) is 14.3. The van der Waals surface area contributed by atoms with E-state index in [1.165, 1.54) is 12.3 Å². The van der Waals surface area contributed by atoms with Crippen molar-refractivity contribution in [2.75, 3.05) is 38.8 Å². The summed E-state index contributed by atoms with van der Waals surface area (Å²) < 4.78 is 10.1. The second-order valence-corrected chi connectivity index (χ2v) is 3.46. The summed E-state index contributed by atoms with van der Waals surface area (Å²) in [6.07, 6.45) is 2.19. The van der Waals surface area contributed by atoms with Crippen LogP contribution in [0.25, 0.3) is 0 Å². The van der Waals surface area contributed by atoms with E-state index in [4.69, 9.17) is 14.6 Å². The van der Waals surface area contributed by atoms with Crippen LogP contribution >= 0.6 is 0 Å². The predicted octanol–water partition coefficient (Wildman–Crippen LogP) is 0.640. The predicted molar refractivity (Wildman–Crippen MR) is 64.8 cm³/mol. The molecule has 0 fully saturated rings. The van der Waals surface area contributed by atoms with Gasteiger partial charge in [-0.2, -0.15) is 0 Å².